The summed E-state index contributed by atoms with van der Waals surface area (Å²) in [6.07, 6.45) is 0. The first-order valence-electron chi connectivity index (χ1n) is 12.5. The zero-order chi connectivity index (χ0) is 30.8. The van der Waals surface area contributed by atoms with E-state index in [-0.39, 0.29) is 64.5 Å². The number of carbonyl (C=O) groups excluding carboxylic acids is 2. The van der Waals surface area contributed by atoms with E-state index in [0.717, 1.165) is 17.7 Å². The molecule has 0 saturated carbocycles. The standard InChI is InChI=1S/C16H17NO5.C14H13NO5/c1-2-22-15-7-10(3-6-13(15)19)9-17-16(21)12-5-4-11(18)8-14(12)20;16-9-2-3-10(12(18)6-9)14(20)15-7-8-1-4-11(17)13(19)5-8/h3-8,18-20H,2,9H2,1H3,(H,17,21);1-6,16-19H,7H2,(H,15,20). The first-order valence-corrected chi connectivity index (χ1v) is 12.5. The Morgan fingerprint density at radius 3 is 1.50 bits per heavy atom. The molecule has 0 aliphatic rings. The number of carbonyl (C=O) groups is 2. The minimum atomic E-state index is -0.518. The topological polar surface area (TPSA) is 209 Å². The molecule has 0 bridgehead atoms. The Kier molecular flexibility index (Phi) is 10.3. The SMILES string of the molecule is CCOc1cc(CNC(=O)c2ccc(O)cc2O)ccc1O.O=C(NCc1ccc(O)c(O)c1)c1ccc(O)cc1O. The van der Waals surface area contributed by atoms with Gasteiger partial charge in [0.2, 0.25) is 0 Å². The molecule has 0 radical (unpaired) electrons. The monoisotopic (exact) mass is 578 g/mol. The first kappa shape index (κ1) is 30.8. The van der Waals surface area contributed by atoms with Gasteiger partial charge in [0.25, 0.3) is 11.8 Å². The normalized spacial score (nSPS) is 10.2. The van der Waals surface area contributed by atoms with Crippen LogP contribution in [-0.4, -0.2) is 54.2 Å². The Hall–Kier alpha value is -5.78. The molecule has 0 aliphatic carbocycles. The van der Waals surface area contributed by atoms with Crippen molar-refractivity contribution in [3.8, 4) is 46.0 Å². The lowest BCUT2D eigenvalue weighted by molar-refractivity contribution is 0.0939. The van der Waals surface area contributed by atoms with Gasteiger partial charge in [-0.3, -0.25) is 9.59 Å². The number of rotatable bonds is 8. The zero-order valence-electron chi connectivity index (χ0n) is 22.4. The molecule has 2 amide bonds. The average molecular weight is 579 g/mol. The van der Waals surface area contributed by atoms with E-state index < -0.39 is 11.8 Å². The van der Waals surface area contributed by atoms with Gasteiger partial charge in [0.05, 0.1) is 17.7 Å². The summed E-state index contributed by atoms with van der Waals surface area (Å²) in [6.45, 7) is 2.55. The van der Waals surface area contributed by atoms with Crippen LogP contribution in [0.2, 0.25) is 0 Å². The smallest absolute Gasteiger partial charge is 0.255 e. The molecule has 4 aromatic carbocycles. The fourth-order valence-electron chi connectivity index (χ4n) is 3.60. The van der Waals surface area contributed by atoms with E-state index in [9.17, 15) is 35.1 Å². The van der Waals surface area contributed by atoms with E-state index in [0.29, 0.717) is 17.9 Å². The van der Waals surface area contributed by atoms with Crippen molar-refractivity contribution in [3.05, 3.63) is 95.1 Å². The van der Waals surface area contributed by atoms with Gasteiger partial charge < -0.3 is 51.1 Å². The van der Waals surface area contributed by atoms with Gasteiger partial charge in [-0.2, -0.15) is 0 Å². The zero-order valence-corrected chi connectivity index (χ0v) is 22.4. The fraction of sp³-hybridized carbons (Fsp3) is 0.133. The summed E-state index contributed by atoms with van der Waals surface area (Å²) in [5.74, 6) is -1.99. The van der Waals surface area contributed by atoms with Crippen LogP contribution in [0.25, 0.3) is 0 Å². The maximum absolute atomic E-state index is 12.0. The third-order valence-electron chi connectivity index (χ3n) is 5.72. The molecule has 0 saturated heterocycles. The van der Waals surface area contributed by atoms with Gasteiger partial charge in [-0.25, -0.2) is 0 Å². The third-order valence-corrected chi connectivity index (χ3v) is 5.72. The van der Waals surface area contributed by atoms with E-state index >= 15 is 0 Å². The Labute approximate surface area is 240 Å². The highest BCUT2D eigenvalue weighted by Gasteiger charge is 2.13. The summed E-state index contributed by atoms with van der Waals surface area (Å²) in [7, 11) is 0. The molecule has 220 valence electrons. The quantitative estimate of drug-likeness (QED) is 0.139. The highest BCUT2D eigenvalue weighted by molar-refractivity contribution is 5.97. The van der Waals surface area contributed by atoms with E-state index in [1.54, 1.807) is 18.2 Å². The van der Waals surface area contributed by atoms with Crippen molar-refractivity contribution in [1.29, 1.82) is 0 Å². The lowest BCUT2D eigenvalue weighted by Crippen LogP contribution is -2.22. The number of phenols is 7. The maximum Gasteiger partial charge on any atom is 0.255 e. The number of benzene rings is 4. The van der Waals surface area contributed by atoms with Crippen molar-refractivity contribution in [1.82, 2.24) is 10.6 Å². The highest BCUT2D eigenvalue weighted by Crippen LogP contribution is 2.28. The van der Waals surface area contributed by atoms with E-state index in [2.05, 4.69) is 10.6 Å². The lowest BCUT2D eigenvalue weighted by Gasteiger charge is -2.10. The van der Waals surface area contributed by atoms with Crippen LogP contribution in [0.15, 0.2) is 72.8 Å². The summed E-state index contributed by atoms with van der Waals surface area (Å²) >= 11 is 0. The van der Waals surface area contributed by atoms with Gasteiger partial charge in [0.15, 0.2) is 23.0 Å². The van der Waals surface area contributed by atoms with Crippen molar-refractivity contribution >= 4 is 11.8 Å². The number of amides is 2. The minimum Gasteiger partial charge on any atom is -0.508 e. The molecule has 0 aromatic heterocycles. The Balaban J connectivity index is 0.000000231. The van der Waals surface area contributed by atoms with Gasteiger partial charge in [0, 0.05) is 25.2 Å². The number of aromatic hydroxyl groups is 7. The summed E-state index contributed by atoms with van der Waals surface area (Å²) in [6, 6.07) is 16.4. The number of phenolic OH excluding ortho intramolecular Hbond substituents is 7. The van der Waals surface area contributed by atoms with E-state index in [1.165, 1.54) is 42.5 Å². The Morgan fingerprint density at radius 2 is 1.05 bits per heavy atom. The van der Waals surface area contributed by atoms with Gasteiger partial charge in [0.1, 0.15) is 23.0 Å². The van der Waals surface area contributed by atoms with Crippen molar-refractivity contribution in [2.45, 2.75) is 20.0 Å². The lowest BCUT2D eigenvalue weighted by atomic mass is 10.1. The average Bonchev–Trinajstić information content (AvgIpc) is 2.94. The van der Waals surface area contributed by atoms with Crippen LogP contribution in [0.4, 0.5) is 0 Å². The maximum atomic E-state index is 12.0. The predicted molar refractivity (Wildman–Crippen MR) is 151 cm³/mol. The second kappa shape index (κ2) is 14.0. The number of nitrogens with one attached hydrogen (secondary N) is 2. The molecule has 0 unspecified atom stereocenters. The van der Waals surface area contributed by atoms with Crippen LogP contribution >= 0.6 is 0 Å². The van der Waals surface area contributed by atoms with Gasteiger partial charge in [-0.05, 0) is 66.6 Å². The molecule has 0 fully saturated rings. The molecule has 4 aromatic rings. The molecule has 42 heavy (non-hydrogen) atoms. The van der Waals surface area contributed by atoms with Gasteiger partial charge >= 0.3 is 0 Å². The van der Waals surface area contributed by atoms with Crippen LogP contribution in [0, 0.1) is 0 Å². The van der Waals surface area contributed by atoms with Crippen molar-refractivity contribution in [3.63, 3.8) is 0 Å². The van der Waals surface area contributed by atoms with Crippen LogP contribution in [0.3, 0.4) is 0 Å². The van der Waals surface area contributed by atoms with Gasteiger partial charge in [-0.15, -0.1) is 0 Å². The molecule has 12 nitrogen and oxygen atoms in total. The molecule has 0 heterocycles. The van der Waals surface area contributed by atoms with Crippen molar-refractivity contribution < 1.29 is 50.1 Å². The van der Waals surface area contributed by atoms with E-state index in [1.807, 2.05) is 6.92 Å². The predicted octanol–water partition coefficient (Wildman–Crippen LogP) is 3.57. The Bertz CT molecular complexity index is 1570. The molecule has 0 aliphatic heterocycles. The molecule has 0 spiro atoms. The fourth-order valence-corrected chi connectivity index (χ4v) is 3.60. The number of ether oxygens (including phenoxy) is 1. The summed E-state index contributed by atoms with van der Waals surface area (Å²) in [5, 5.41) is 70.8. The Morgan fingerprint density at radius 1 is 0.571 bits per heavy atom. The van der Waals surface area contributed by atoms with Crippen LogP contribution < -0.4 is 15.4 Å². The third kappa shape index (κ3) is 8.36. The van der Waals surface area contributed by atoms with Crippen LogP contribution in [-0.2, 0) is 13.1 Å². The van der Waals surface area contributed by atoms with E-state index in [4.69, 9.17) is 14.9 Å². The second-order valence-electron chi connectivity index (χ2n) is 8.83. The first-order chi connectivity index (χ1) is 20.0. The molecule has 12 heteroatoms. The molecule has 9 N–H and O–H groups in total. The largest absolute Gasteiger partial charge is 0.508 e. The summed E-state index contributed by atoms with van der Waals surface area (Å²) < 4.78 is 5.27. The molecule has 0 atom stereocenters. The van der Waals surface area contributed by atoms with Crippen LogP contribution in [0.1, 0.15) is 38.8 Å². The van der Waals surface area contributed by atoms with Gasteiger partial charge in [-0.1, -0.05) is 12.1 Å². The number of hydrogen-bond acceptors (Lipinski definition) is 10. The molecular formula is C30H30N2O10. The molecule has 4 rings (SSSR count). The van der Waals surface area contributed by atoms with Crippen LogP contribution in [0.5, 0.6) is 46.0 Å². The molecular weight excluding hydrogens is 548 g/mol. The summed E-state index contributed by atoms with van der Waals surface area (Å²) in [4.78, 5) is 23.8. The van der Waals surface area contributed by atoms with Crippen molar-refractivity contribution in [2.75, 3.05) is 6.61 Å². The second-order valence-corrected chi connectivity index (χ2v) is 8.83. The van der Waals surface area contributed by atoms with Crippen molar-refractivity contribution in [2.24, 2.45) is 0 Å². The minimum absolute atomic E-state index is 0.0331. The highest BCUT2D eigenvalue weighted by atomic mass is 16.5. The summed E-state index contributed by atoms with van der Waals surface area (Å²) in [5.41, 5.74) is 1.44. The number of hydrogen-bond donors (Lipinski definition) is 9.